The van der Waals surface area contributed by atoms with Crippen molar-refractivity contribution in [3.8, 4) is 0 Å². The van der Waals surface area contributed by atoms with E-state index in [1.807, 2.05) is 4.90 Å². The number of alkyl halides is 3. The van der Waals surface area contributed by atoms with Crippen molar-refractivity contribution in [3.63, 3.8) is 0 Å². The number of hydrogen-bond acceptors (Lipinski definition) is 4. The zero-order valence-electron chi connectivity index (χ0n) is 13.8. The van der Waals surface area contributed by atoms with Gasteiger partial charge in [-0.1, -0.05) is 6.07 Å². The van der Waals surface area contributed by atoms with Crippen LogP contribution in [0.25, 0.3) is 0 Å². The number of aliphatic hydroxyl groups excluding tert-OH is 1. The molecule has 1 amide bonds. The third kappa shape index (κ3) is 3.91. The number of carbonyl (C=O) groups excluding carboxylic acids is 1. The highest BCUT2D eigenvalue weighted by Gasteiger charge is 2.30. The molecule has 2 aromatic rings. The number of carbonyl (C=O) groups is 1. The summed E-state index contributed by atoms with van der Waals surface area (Å²) < 4.78 is 38.4. The summed E-state index contributed by atoms with van der Waals surface area (Å²) in [5.41, 5.74) is 1.21. The standard InChI is InChI=1S/C18H18F3N3O2/c19-18(20,21)13-2-1-3-14(11-13)23-17(26)12-4-5-15-16(10-12)24(8-9-25)7-6-22-15/h1-5,10-11,22,25H,6-9H2,(H,23,26). The lowest BCUT2D eigenvalue weighted by atomic mass is 10.1. The van der Waals surface area contributed by atoms with Crippen molar-refractivity contribution in [3.05, 3.63) is 53.6 Å². The second-order valence-corrected chi connectivity index (χ2v) is 5.90. The first kappa shape index (κ1) is 18.1. The van der Waals surface area contributed by atoms with Crippen LogP contribution < -0.4 is 15.5 Å². The largest absolute Gasteiger partial charge is 0.416 e. The van der Waals surface area contributed by atoms with Crippen LogP contribution in [0, 0.1) is 0 Å². The predicted octanol–water partition coefficient (Wildman–Crippen LogP) is 3.18. The summed E-state index contributed by atoms with van der Waals surface area (Å²) in [6.45, 7) is 1.84. The summed E-state index contributed by atoms with van der Waals surface area (Å²) in [6.07, 6.45) is -4.47. The van der Waals surface area contributed by atoms with Crippen LogP contribution in [-0.4, -0.2) is 37.3 Å². The van der Waals surface area contributed by atoms with E-state index >= 15 is 0 Å². The summed E-state index contributed by atoms with van der Waals surface area (Å²) in [7, 11) is 0. The second-order valence-electron chi connectivity index (χ2n) is 5.90. The van der Waals surface area contributed by atoms with E-state index in [-0.39, 0.29) is 12.3 Å². The molecule has 0 unspecified atom stereocenters. The lowest BCUT2D eigenvalue weighted by Gasteiger charge is -2.31. The molecular weight excluding hydrogens is 347 g/mol. The third-order valence-corrected chi connectivity index (χ3v) is 4.12. The maximum atomic E-state index is 12.8. The van der Waals surface area contributed by atoms with E-state index < -0.39 is 17.6 Å². The van der Waals surface area contributed by atoms with Gasteiger partial charge in [-0.15, -0.1) is 0 Å². The highest BCUT2D eigenvalue weighted by atomic mass is 19.4. The number of hydrogen-bond donors (Lipinski definition) is 3. The van der Waals surface area contributed by atoms with Crippen LogP contribution in [0.5, 0.6) is 0 Å². The van der Waals surface area contributed by atoms with Crippen LogP contribution in [-0.2, 0) is 6.18 Å². The quantitative estimate of drug-likeness (QED) is 0.779. The zero-order valence-corrected chi connectivity index (χ0v) is 13.8. The molecule has 3 N–H and O–H groups in total. The van der Waals surface area contributed by atoms with Crippen LogP contribution in [0.15, 0.2) is 42.5 Å². The molecule has 0 aromatic heterocycles. The molecule has 0 radical (unpaired) electrons. The highest BCUT2D eigenvalue weighted by Crippen LogP contribution is 2.32. The second kappa shape index (κ2) is 7.25. The lowest BCUT2D eigenvalue weighted by Crippen LogP contribution is -2.36. The fraction of sp³-hybridized carbons (Fsp3) is 0.278. The lowest BCUT2D eigenvalue weighted by molar-refractivity contribution is -0.137. The molecule has 0 aliphatic carbocycles. The molecule has 1 aliphatic heterocycles. The molecule has 1 heterocycles. The average Bonchev–Trinajstić information content (AvgIpc) is 2.61. The predicted molar refractivity (Wildman–Crippen MR) is 93.6 cm³/mol. The van der Waals surface area contributed by atoms with Gasteiger partial charge in [0, 0.05) is 30.9 Å². The van der Waals surface area contributed by atoms with Gasteiger partial charge in [-0.05, 0) is 36.4 Å². The van der Waals surface area contributed by atoms with Crippen molar-refractivity contribution < 1.29 is 23.1 Å². The van der Waals surface area contributed by atoms with Gasteiger partial charge in [-0.25, -0.2) is 0 Å². The Morgan fingerprint density at radius 1 is 1.23 bits per heavy atom. The maximum absolute atomic E-state index is 12.8. The number of nitrogens with zero attached hydrogens (tertiary/aromatic N) is 1. The van der Waals surface area contributed by atoms with Crippen LogP contribution in [0.4, 0.5) is 30.2 Å². The van der Waals surface area contributed by atoms with Crippen molar-refractivity contribution in [1.82, 2.24) is 0 Å². The molecule has 5 nitrogen and oxygen atoms in total. The summed E-state index contributed by atoms with van der Waals surface area (Å²) >= 11 is 0. The molecular formula is C18H18F3N3O2. The van der Waals surface area contributed by atoms with Gasteiger partial charge in [0.25, 0.3) is 5.91 Å². The van der Waals surface area contributed by atoms with Gasteiger partial charge in [-0.2, -0.15) is 13.2 Å². The Labute approximate surface area is 148 Å². The first-order valence-electron chi connectivity index (χ1n) is 8.11. The van der Waals surface area contributed by atoms with E-state index in [0.717, 1.165) is 30.1 Å². The molecule has 2 aromatic carbocycles. The average molecular weight is 365 g/mol. The first-order valence-corrected chi connectivity index (χ1v) is 8.11. The normalized spacial score (nSPS) is 13.8. The molecule has 0 saturated heterocycles. The molecule has 0 spiro atoms. The van der Waals surface area contributed by atoms with E-state index in [2.05, 4.69) is 10.6 Å². The topological polar surface area (TPSA) is 64.6 Å². The molecule has 138 valence electrons. The van der Waals surface area contributed by atoms with Gasteiger partial charge in [0.1, 0.15) is 0 Å². The number of aliphatic hydroxyl groups is 1. The van der Waals surface area contributed by atoms with Crippen molar-refractivity contribution in [2.75, 3.05) is 41.8 Å². The van der Waals surface area contributed by atoms with Crippen LogP contribution in [0.2, 0.25) is 0 Å². The van der Waals surface area contributed by atoms with Crippen LogP contribution >= 0.6 is 0 Å². The SMILES string of the molecule is O=C(Nc1cccc(C(F)(F)F)c1)c1ccc2c(c1)N(CCO)CCN2. The van der Waals surface area contributed by atoms with E-state index in [9.17, 15) is 23.1 Å². The zero-order chi connectivity index (χ0) is 18.7. The molecule has 0 saturated carbocycles. The van der Waals surface area contributed by atoms with Gasteiger partial charge < -0.3 is 20.6 Å². The number of nitrogens with one attached hydrogen (secondary N) is 2. The highest BCUT2D eigenvalue weighted by molar-refractivity contribution is 6.05. The molecule has 0 fully saturated rings. The van der Waals surface area contributed by atoms with E-state index in [0.29, 0.717) is 18.7 Å². The molecule has 0 bridgehead atoms. The number of amides is 1. The minimum absolute atomic E-state index is 0.0138. The summed E-state index contributed by atoms with van der Waals surface area (Å²) in [5, 5.41) is 14.9. The molecule has 1 aliphatic rings. The Balaban J connectivity index is 1.82. The number of fused-ring (bicyclic) bond motifs is 1. The van der Waals surface area contributed by atoms with Gasteiger partial charge in [-0.3, -0.25) is 4.79 Å². The van der Waals surface area contributed by atoms with E-state index in [4.69, 9.17) is 0 Å². The summed E-state index contributed by atoms with van der Waals surface area (Å²) in [4.78, 5) is 14.4. The minimum atomic E-state index is -4.47. The summed E-state index contributed by atoms with van der Waals surface area (Å²) in [6, 6.07) is 9.53. The molecule has 0 atom stereocenters. The number of benzene rings is 2. The Hall–Kier alpha value is -2.74. The first-order chi connectivity index (χ1) is 12.4. The smallest absolute Gasteiger partial charge is 0.395 e. The number of halogens is 3. The fourth-order valence-electron chi connectivity index (χ4n) is 2.86. The fourth-order valence-corrected chi connectivity index (χ4v) is 2.86. The van der Waals surface area contributed by atoms with Crippen LogP contribution in [0.1, 0.15) is 15.9 Å². The Kier molecular flexibility index (Phi) is 5.03. The summed E-state index contributed by atoms with van der Waals surface area (Å²) in [5.74, 6) is -0.498. The van der Waals surface area contributed by atoms with E-state index in [1.54, 1.807) is 18.2 Å². The van der Waals surface area contributed by atoms with Crippen LogP contribution in [0.3, 0.4) is 0 Å². The number of rotatable bonds is 4. The monoisotopic (exact) mass is 365 g/mol. The maximum Gasteiger partial charge on any atom is 0.416 e. The van der Waals surface area contributed by atoms with Gasteiger partial charge >= 0.3 is 6.18 Å². The molecule has 8 heteroatoms. The van der Waals surface area contributed by atoms with Crippen molar-refractivity contribution in [2.45, 2.75) is 6.18 Å². The number of β-amino-alcohol motifs (C(OH)–C–C–N with tert-alkyl or cyclic N) is 1. The molecule has 3 rings (SSSR count). The van der Waals surface area contributed by atoms with Crippen molar-refractivity contribution >= 4 is 23.0 Å². The van der Waals surface area contributed by atoms with Gasteiger partial charge in [0.15, 0.2) is 0 Å². The molecule has 26 heavy (non-hydrogen) atoms. The third-order valence-electron chi connectivity index (χ3n) is 4.12. The van der Waals surface area contributed by atoms with Crippen molar-refractivity contribution in [1.29, 1.82) is 0 Å². The minimum Gasteiger partial charge on any atom is -0.395 e. The Morgan fingerprint density at radius 2 is 2.04 bits per heavy atom. The van der Waals surface area contributed by atoms with Gasteiger partial charge in [0.2, 0.25) is 0 Å². The Bertz CT molecular complexity index is 809. The van der Waals surface area contributed by atoms with E-state index in [1.165, 1.54) is 12.1 Å². The number of anilines is 3. The van der Waals surface area contributed by atoms with Crippen molar-refractivity contribution in [2.24, 2.45) is 0 Å². The Morgan fingerprint density at radius 3 is 2.77 bits per heavy atom. The van der Waals surface area contributed by atoms with Gasteiger partial charge in [0.05, 0.1) is 23.5 Å².